The maximum absolute atomic E-state index is 9.38. The van der Waals surface area contributed by atoms with E-state index in [2.05, 4.69) is 0 Å². The average molecular weight is 210 g/mol. The van der Waals surface area contributed by atoms with Crippen molar-refractivity contribution in [2.24, 2.45) is 0 Å². The van der Waals surface area contributed by atoms with Crippen molar-refractivity contribution in [1.82, 2.24) is 0 Å². The number of hydrogen-bond donors (Lipinski definition) is 4. The van der Waals surface area contributed by atoms with Crippen molar-refractivity contribution in [3.63, 3.8) is 0 Å². The first-order valence-corrected chi connectivity index (χ1v) is 5.24. The van der Waals surface area contributed by atoms with E-state index in [1.54, 1.807) is 6.26 Å². The highest BCUT2D eigenvalue weighted by Crippen LogP contribution is 2.26. The monoisotopic (exact) mass is 210 g/mol. The molecule has 0 amide bonds. The molecule has 0 aromatic heterocycles. The Kier molecular flexibility index (Phi) is 3.96. The Labute approximate surface area is 80.3 Å². The molecule has 1 saturated heterocycles. The van der Waals surface area contributed by atoms with Crippen LogP contribution in [0, 0.1) is 0 Å². The highest BCUT2D eigenvalue weighted by atomic mass is 32.2. The van der Waals surface area contributed by atoms with Crippen molar-refractivity contribution in [3.8, 4) is 0 Å². The third-order valence-corrected chi connectivity index (χ3v) is 2.94. The molecule has 0 aromatic rings. The summed E-state index contributed by atoms with van der Waals surface area (Å²) >= 11 is 1.22. The molecule has 5 nitrogen and oxygen atoms in total. The molecule has 1 rings (SSSR count). The smallest absolute Gasteiger partial charge is 0.132 e. The van der Waals surface area contributed by atoms with E-state index in [0.717, 1.165) is 0 Å². The highest BCUT2D eigenvalue weighted by molar-refractivity contribution is 7.99. The minimum atomic E-state index is -1.26. The predicted octanol–water partition coefficient (Wildman–Crippen LogP) is -1.85. The van der Waals surface area contributed by atoms with E-state index in [9.17, 15) is 15.3 Å². The molecule has 5 atom stereocenters. The van der Waals surface area contributed by atoms with Crippen LogP contribution in [0.25, 0.3) is 0 Å². The van der Waals surface area contributed by atoms with Gasteiger partial charge in [0.2, 0.25) is 0 Å². The lowest BCUT2D eigenvalue weighted by molar-refractivity contribution is -0.205. The largest absolute Gasteiger partial charge is 0.394 e. The second-order valence-electron chi connectivity index (χ2n) is 2.93. The summed E-state index contributed by atoms with van der Waals surface area (Å²) in [4.78, 5) is 0. The van der Waals surface area contributed by atoms with Crippen LogP contribution in [0.2, 0.25) is 0 Å². The van der Waals surface area contributed by atoms with Crippen molar-refractivity contribution in [1.29, 1.82) is 0 Å². The second-order valence-corrected chi connectivity index (χ2v) is 3.87. The molecule has 0 saturated carbocycles. The number of aliphatic hydroxyl groups excluding tert-OH is 4. The van der Waals surface area contributed by atoms with Crippen LogP contribution in [-0.4, -0.2) is 63.1 Å². The topological polar surface area (TPSA) is 90.2 Å². The molecule has 0 bridgehead atoms. The molecule has 0 spiro atoms. The van der Waals surface area contributed by atoms with Crippen LogP contribution in [0.5, 0.6) is 0 Å². The van der Waals surface area contributed by atoms with Gasteiger partial charge in [0.25, 0.3) is 0 Å². The van der Waals surface area contributed by atoms with Gasteiger partial charge in [-0.3, -0.25) is 0 Å². The summed E-state index contributed by atoms with van der Waals surface area (Å²) in [6.45, 7) is -0.373. The Morgan fingerprint density at radius 2 is 1.77 bits per heavy atom. The number of aliphatic hydroxyl groups is 4. The molecule has 0 aromatic carbocycles. The van der Waals surface area contributed by atoms with Gasteiger partial charge in [0.15, 0.2) is 0 Å². The van der Waals surface area contributed by atoms with E-state index in [1.807, 2.05) is 0 Å². The lowest BCUT2D eigenvalue weighted by atomic mass is 10.0. The van der Waals surface area contributed by atoms with Crippen LogP contribution in [0.1, 0.15) is 0 Å². The molecule has 1 aliphatic rings. The predicted molar refractivity (Wildman–Crippen MR) is 47.3 cm³/mol. The van der Waals surface area contributed by atoms with Crippen molar-refractivity contribution in [3.05, 3.63) is 0 Å². The van der Waals surface area contributed by atoms with E-state index in [1.165, 1.54) is 11.8 Å². The van der Waals surface area contributed by atoms with Crippen molar-refractivity contribution in [2.75, 3.05) is 12.9 Å². The van der Waals surface area contributed by atoms with Crippen LogP contribution >= 0.6 is 11.8 Å². The fourth-order valence-electron chi connectivity index (χ4n) is 1.26. The van der Waals surface area contributed by atoms with Crippen molar-refractivity contribution >= 4 is 11.8 Å². The molecule has 1 aliphatic heterocycles. The fraction of sp³-hybridized carbons (Fsp3) is 1.00. The van der Waals surface area contributed by atoms with Gasteiger partial charge in [0, 0.05) is 0 Å². The Morgan fingerprint density at radius 1 is 1.15 bits per heavy atom. The Balaban J connectivity index is 2.66. The van der Waals surface area contributed by atoms with Crippen LogP contribution in [0.15, 0.2) is 0 Å². The van der Waals surface area contributed by atoms with Crippen LogP contribution in [0.3, 0.4) is 0 Å². The third-order valence-electron chi connectivity index (χ3n) is 2.08. The number of ether oxygens (including phenoxy) is 1. The summed E-state index contributed by atoms with van der Waals surface area (Å²) in [5.41, 5.74) is -0.601. The first-order valence-electron chi connectivity index (χ1n) is 3.95. The zero-order valence-electron chi connectivity index (χ0n) is 7.20. The van der Waals surface area contributed by atoms with Gasteiger partial charge in [-0.15, -0.1) is 11.8 Å². The second kappa shape index (κ2) is 4.59. The van der Waals surface area contributed by atoms with E-state index in [4.69, 9.17) is 9.84 Å². The number of thioether (sulfide) groups is 1. The van der Waals surface area contributed by atoms with Crippen LogP contribution in [0.4, 0.5) is 0 Å². The molecular weight excluding hydrogens is 196 g/mol. The fourth-order valence-corrected chi connectivity index (χ4v) is 1.96. The molecule has 0 aliphatic carbocycles. The first-order chi connectivity index (χ1) is 6.11. The van der Waals surface area contributed by atoms with Gasteiger partial charge in [-0.1, -0.05) is 0 Å². The zero-order valence-corrected chi connectivity index (χ0v) is 8.02. The Bertz CT molecular complexity index is 147. The van der Waals surface area contributed by atoms with Gasteiger partial charge >= 0.3 is 0 Å². The first kappa shape index (κ1) is 11.2. The SMILES string of the molecule is CS[C@@H]1O[C@H](CO)[C@H](O)[C@@H](O)[C@@H]1O. The van der Waals surface area contributed by atoms with Crippen molar-refractivity contribution < 1.29 is 25.2 Å². The van der Waals surface area contributed by atoms with Gasteiger partial charge in [0.1, 0.15) is 29.9 Å². The van der Waals surface area contributed by atoms with Gasteiger partial charge in [-0.25, -0.2) is 0 Å². The zero-order chi connectivity index (χ0) is 10.0. The average Bonchev–Trinajstić information content (AvgIpc) is 2.15. The molecule has 0 unspecified atom stereocenters. The van der Waals surface area contributed by atoms with Crippen LogP contribution in [-0.2, 0) is 4.74 Å². The molecule has 6 heteroatoms. The standard InChI is InChI=1S/C7H14O5S/c1-13-7-6(11)5(10)4(9)3(2-8)12-7/h3-11H,2H2,1H3/t3-,4+,5-,6+,7+/m1/s1. The van der Waals surface area contributed by atoms with Crippen molar-refractivity contribution in [2.45, 2.75) is 29.9 Å². The maximum Gasteiger partial charge on any atom is 0.132 e. The minimum absolute atomic E-state index is 0.373. The summed E-state index contributed by atoms with van der Waals surface area (Å²) in [5.74, 6) is 0. The Morgan fingerprint density at radius 3 is 2.23 bits per heavy atom. The number of rotatable bonds is 2. The lowest BCUT2D eigenvalue weighted by Gasteiger charge is -2.39. The third kappa shape index (κ3) is 2.15. The van der Waals surface area contributed by atoms with E-state index in [0.29, 0.717) is 0 Å². The lowest BCUT2D eigenvalue weighted by Crippen LogP contribution is -2.57. The molecular formula is C7H14O5S. The van der Waals surface area contributed by atoms with E-state index < -0.39 is 29.9 Å². The summed E-state index contributed by atoms with van der Waals surface area (Å²) in [5, 5.41) is 36.8. The molecule has 78 valence electrons. The Hall–Kier alpha value is 0.150. The molecule has 4 N–H and O–H groups in total. The number of hydrogen-bond acceptors (Lipinski definition) is 6. The summed E-state index contributed by atoms with van der Waals surface area (Å²) in [6, 6.07) is 0. The maximum atomic E-state index is 9.38. The quantitative estimate of drug-likeness (QED) is 0.428. The van der Waals surface area contributed by atoms with Gasteiger partial charge in [0.05, 0.1) is 6.61 Å². The highest BCUT2D eigenvalue weighted by Gasteiger charge is 2.42. The van der Waals surface area contributed by atoms with Crippen LogP contribution < -0.4 is 0 Å². The summed E-state index contributed by atoms with van der Waals surface area (Å²) < 4.78 is 5.13. The van der Waals surface area contributed by atoms with Gasteiger partial charge in [-0.05, 0) is 6.26 Å². The van der Waals surface area contributed by atoms with Gasteiger partial charge < -0.3 is 25.2 Å². The van der Waals surface area contributed by atoms with E-state index >= 15 is 0 Å². The minimum Gasteiger partial charge on any atom is -0.394 e. The summed E-state index contributed by atoms with van der Waals surface area (Å²) in [7, 11) is 0. The summed E-state index contributed by atoms with van der Waals surface area (Å²) in [6.07, 6.45) is -2.72. The molecule has 1 fully saturated rings. The normalized spacial score (nSPS) is 46.4. The van der Waals surface area contributed by atoms with E-state index in [-0.39, 0.29) is 6.61 Å². The molecule has 0 radical (unpaired) electrons. The molecule has 1 heterocycles. The van der Waals surface area contributed by atoms with Gasteiger partial charge in [-0.2, -0.15) is 0 Å². The molecule has 13 heavy (non-hydrogen) atoms.